The fourth-order valence-corrected chi connectivity index (χ4v) is 2.52. The fourth-order valence-electron chi connectivity index (χ4n) is 2.52. The average Bonchev–Trinajstić information content (AvgIpc) is 2.50. The van der Waals surface area contributed by atoms with Crippen LogP contribution in [0.5, 0.6) is 0 Å². The van der Waals surface area contributed by atoms with Gasteiger partial charge in [-0.3, -0.25) is 9.59 Å². The van der Waals surface area contributed by atoms with Crippen molar-refractivity contribution >= 4 is 17.5 Å². The van der Waals surface area contributed by atoms with Gasteiger partial charge in [0.05, 0.1) is 0 Å². The third kappa shape index (κ3) is 3.23. The zero-order valence-corrected chi connectivity index (χ0v) is 12.9. The molecule has 1 N–H and O–H groups in total. The number of anilines is 1. The van der Waals surface area contributed by atoms with Crippen molar-refractivity contribution in [3.63, 3.8) is 0 Å². The van der Waals surface area contributed by atoms with Gasteiger partial charge in [0, 0.05) is 18.7 Å². The van der Waals surface area contributed by atoms with E-state index < -0.39 is 6.04 Å². The van der Waals surface area contributed by atoms with Crippen LogP contribution in [0.25, 0.3) is 0 Å². The molecule has 1 fully saturated rings. The van der Waals surface area contributed by atoms with E-state index in [9.17, 15) is 14.0 Å². The van der Waals surface area contributed by atoms with Crippen molar-refractivity contribution in [2.75, 3.05) is 11.4 Å². The number of benzene rings is 1. The van der Waals surface area contributed by atoms with Crippen LogP contribution >= 0.6 is 0 Å². The Balaban J connectivity index is 2.42. The van der Waals surface area contributed by atoms with Crippen molar-refractivity contribution in [1.29, 1.82) is 0 Å². The molecule has 0 aliphatic carbocycles. The van der Waals surface area contributed by atoms with E-state index in [-0.39, 0.29) is 29.5 Å². The van der Waals surface area contributed by atoms with Crippen molar-refractivity contribution in [2.45, 2.75) is 40.2 Å². The number of rotatable bonds is 1. The molecule has 0 saturated carbocycles. The Morgan fingerprint density at radius 1 is 1.29 bits per heavy atom. The van der Waals surface area contributed by atoms with Gasteiger partial charge in [-0.1, -0.05) is 20.8 Å². The monoisotopic (exact) mass is 292 g/mol. The van der Waals surface area contributed by atoms with E-state index in [1.165, 1.54) is 12.1 Å². The van der Waals surface area contributed by atoms with Crippen molar-refractivity contribution in [1.82, 2.24) is 5.32 Å². The molecule has 1 atom stereocenters. The summed E-state index contributed by atoms with van der Waals surface area (Å²) < 4.78 is 13.3. The highest BCUT2D eigenvalue weighted by atomic mass is 19.1. The van der Waals surface area contributed by atoms with Crippen LogP contribution in [0.15, 0.2) is 18.2 Å². The van der Waals surface area contributed by atoms with E-state index >= 15 is 0 Å². The third-order valence-corrected chi connectivity index (χ3v) is 3.70. The molecular formula is C16H21FN2O2. The van der Waals surface area contributed by atoms with Crippen molar-refractivity contribution in [3.8, 4) is 0 Å². The van der Waals surface area contributed by atoms with E-state index in [0.29, 0.717) is 17.8 Å². The molecule has 21 heavy (non-hydrogen) atoms. The molecule has 1 aromatic rings. The number of carbonyl (C=O) groups excluding carboxylic acids is 2. The largest absolute Gasteiger partial charge is 0.344 e. The zero-order valence-electron chi connectivity index (χ0n) is 12.9. The maximum absolute atomic E-state index is 13.3. The van der Waals surface area contributed by atoms with Gasteiger partial charge in [-0.05, 0) is 36.1 Å². The highest BCUT2D eigenvalue weighted by Gasteiger charge is 2.38. The molecule has 0 aromatic heterocycles. The maximum Gasteiger partial charge on any atom is 0.250 e. The Labute approximate surface area is 124 Å². The topological polar surface area (TPSA) is 49.4 Å². The molecule has 1 aliphatic heterocycles. The molecule has 2 rings (SSSR count). The first kappa shape index (κ1) is 15.5. The van der Waals surface area contributed by atoms with Crippen LogP contribution in [0.2, 0.25) is 0 Å². The van der Waals surface area contributed by atoms with Crippen LogP contribution in [-0.2, 0) is 9.59 Å². The first-order valence-corrected chi connectivity index (χ1v) is 7.07. The summed E-state index contributed by atoms with van der Waals surface area (Å²) in [5, 5.41) is 2.79. The molecule has 1 aliphatic rings. The number of aryl methyl sites for hydroxylation is 1. The van der Waals surface area contributed by atoms with Gasteiger partial charge in [0.1, 0.15) is 11.9 Å². The Bertz CT molecular complexity index is 578. The number of nitrogens with zero attached hydrogens (tertiary/aromatic N) is 1. The predicted octanol–water partition coefficient (Wildman–Crippen LogP) is 2.40. The van der Waals surface area contributed by atoms with Crippen molar-refractivity contribution in [2.24, 2.45) is 5.41 Å². The summed E-state index contributed by atoms with van der Waals surface area (Å²) in [6.45, 7) is 7.81. The number of hydrogen-bond acceptors (Lipinski definition) is 2. The van der Waals surface area contributed by atoms with Gasteiger partial charge >= 0.3 is 0 Å². The Morgan fingerprint density at radius 3 is 2.52 bits per heavy atom. The minimum atomic E-state index is -0.586. The lowest BCUT2D eigenvalue weighted by atomic mass is 9.86. The summed E-state index contributed by atoms with van der Waals surface area (Å²) >= 11 is 0. The van der Waals surface area contributed by atoms with Crippen molar-refractivity contribution in [3.05, 3.63) is 29.6 Å². The minimum absolute atomic E-state index is 0.134. The van der Waals surface area contributed by atoms with Crippen molar-refractivity contribution < 1.29 is 14.0 Å². The van der Waals surface area contributed by atoms with E-state index in [4.69, 9.17) is 0 Å². The normalized spacial score (nSPS) is 20.2. The first-order valence-electron chi connectivity index (χ1n) is 7.07. The number of nitrogens with one attached hydrogen (secondary N) is 1. The molecule has 114 valence electrons. The molecule has 1 unspecified atom stereocenters. The highest BCUT2D eigenvalue weighted by molar-refractivity contribution is 6.02. The van der Waals surface area contributed by atoms with Gasteiger partial charge in [0.25, 0.3) is 0 Å². The third-order valence-electron chi connectivity index (χ3n) is 3.70. The second-order valence-electron chi connectivity index (χ2n) is 6.54. The molecular weight excluding hydrogens is 271 g/mol. The van der Waals surface area contributed by atoms with Gasteiger partial charge in [-0.25, -0.2) is 4.39 Å². The second kappa shape index (κ2) is 5.47. The molecule has 1 saturated heterocycles. The summed E-state index contributed by atoms with van der Waals surface area (Å²) in [4.78, 5) is 26.2. The summed E-state index contributed by atoms with van der Waals surface area (Å²) in [5.74, 6) is -0.617. The second-order valence-corrected chi connectivity index (χ2v) is 6.54. The zero-order chi connectivity index (χ0) is 15.8. The standard InChI is InChI=1S/C16H21FN2O2/c1-10-9-11(17)5-6-12(10)19-8-7-13(20)18-14(15(19)21)16(2,3)4/h5-6,9,14H,7-8H2,1-4H3,(H,18,20). The lowest BCUT2D eigenvalue weighted by Crippen LogP contribution is -2.52. The van der Waals surface area contributed by atoms with Crippen LogP contribution in [0.4, 0.5) is 10.1 Å². The Hall–Kier alpha value is -1.91. The molecule has 1 heterocycles. The van der Waals surface area contributed by atoms with Gasteiger partial charge in [-0.2, -0.15) is 0 Å². The Kier molecular flexibility index (Phi) is 4.03. The molecule has 1 aromatic carbocycles. The highest BCUT2D eigenvalue weighted by Crippen LogP contribution is 2.28. The van der Waals surface area contributed by atoms with E-state index in [1.807, 2.05) is 20.8 Å². The number of amides is 2. The molecule has 2 amide bonds. The Morgan fingerprint density at radius 2 is 1.95 bits per heavy atom. The summed E-state index contributed by atoms with van der Waals surface area (Å²) in [6.07, 6.45) is 0.245. The first-order chi connectivity index (χ1) is 9.70. The molecule has 0 spiro atoms. The molecule has 5 heteroatoms. The number of hydrogen-bond donors (Lipinski definition) is 1. The lowest BCUT2D eigenvalue weighted by Gasteiger charge is -2.32. The predicted molar refractivity (Wildman–Crippen MR) is 79.5 cm³/mol. The van der Waals surface area contributed by atoms with Crippen LogP contribution in [0, 0.1) is 18.2 Å². The number of carbonyl (C=O) groups is 2. The number of halogens is 1. The molecule has 4 nitrogen and oxygen atoms in total. The fraction of sp³-hybridized carbons (Fsp3) is 0.500. The molecule has 0 bridgehead atoms. The van der Waals surface area contributed by atoms with Gasteiger partial charge < -0.3 is 10.2 Å². The molecule has 0 radical (unpaired) electrons. The van der Waals surface area contributed by atoms with E-state index in [0.717, 1.165) is 0 Å². The van der Waals surface area contributed by atoms with Crippen LogP contribution < -0.4 is 10.2 Å². The van der Waals surface area contributed by atoms with Gasteiger partial charge in [-0.15, -0.1) is 0 Å². The van der Waals surface area contributed by atoms with Crippen LogP contribution in [0.1, 0.15) is 32.8 Å². The summed E-state index contributed by atoms with van der Waals surface area (Å²) in [6, 6.07) is 3.74. The van der Waals surface area contributed by atoms with Crippen LogP contribution in [-0.4, -0.2) is 24.4 Å². The average molecular weight is 292 g/mol. The van der Waals surface area contributed by atoms with E-state index in [1.54, 1.807) is 17.9 Å². The lowest BCUT2D eigenvalue weighted by molar-refractivity contribution is -0.127. The van der Waals surface area contributed by atoms with Gasteiger partial charge in [0.2, 0.25) is 11.8 Å². The van der Waals surface area contributed by atoms with Gasteiger partial charge in [0.15, 0.2) is 0 Å². The van der Waals surface area contributed by atoms with E-state index in [2.05, 4.69) is 5.32 Å². The smallest absolute Gasteiger partial charge is 0.250 e. The van der Waals surface area contributed by atoms with Crippen LogP contribution in [0.3, 0.4) is 0 Å². The summed E-state index contributed by atoms with van der Waals surface area (Å²) in [7, 11) is 0. The SMILES string of the molecule is Cc1cc(F)ccc1N1CCC(=O)NC(C(C)(C)C)C1=O. The minimum Gasteiger partial charge on any atom is -0.344 e. The summed E-state index contributed by atoms with van der Waals surface area (Å²) in [5.41, 5.74) is 0.959. The quantitative estimate of drug-likeness (QED) is 0.864. The maximum atomic E-state index is 13.3.